The van der Waals surface area contributed by atoms with Crippen molar-refractivity contribution >= 4 is 37.3 Å². The zero-order valence-corrected chi connectivity index (χ0v) is 13.6. The van der Waals surface area contributed by atoms with Crippen LogP contribution in [0.5, 0.6) is 0 Å². The van der Waals surface area contributed by atoms with Crippen LogP contribution >= 0.6 is 10.7 Å². The summed E-state index contributed by atoms with van der Waals surface area (Å²) >= 11 is 0. The van der Waals surface area contributed by atoms with E-state index in [2.05, 4.69) is 0 Å². The summed E-state index contributed by atoms with van der Waals surface area (Å²) in [6, 6.07) is 6.43. The van der Waals surface area contributed by atoms with Crippen LogP contribution in [-0.4, -0.2) is 39.2 Å². The molecular formula is C14H16ClNO5S. The minimum Gasteiger partial charge on any atom is -0.462 e. The highest BCUT2D eigenvalue weighted by Crippen LogP contribution is 2.27. The summed E-state index contributed by atoms with van der Waals surface area (Å²) in [5.41, 5.74) is 1.02. The Kier molecular flexibility index (Phi) is 5.08. The van der Waals surface area contributed by atoms with Crippen LogP contribution in [0.25, 0.3) is 0 Å². The molecule has 1 aromatic rings. The number of carbonyl (C=O) groups is 2. The van der Waals surface area contributed by atoms with Crippen molar-refractivity contribution in [2.75, 3.05) is 23.8 Å². The van der Waals surface area contributed by atoms with Crippen LogP contribution in [0.1, 0.15) is 23.7 Å². The van der Waals surface area contributed by atoms with E-state index in [0.717, 1.165) is 0 Å². The molecule has 1 saturated heterocycles. The lowest BCUT2D eigenvalue weighted by Crippen LogP contribution is -2.25. The van der Waals surface area contributed by atoms with Gasteiger partial charge in [0.15, 0.2) is 0 Å². The Morgan fingerprint density at radius 1 is 1.36 bits per heavy atom. The SMILES string of the molecule is CCOC(=O)c1ccc(N2CC(CS(=O)(=O)Cl)CC2=O)cc1. The standard InChI is InChI=1S/C14H16ClNO5S/c1-2-21-14(18)11-3-5-12(6-4-11)16-8-10(7-13(16)17)9-22(15,19)20/h3-6,10H,2,7-9H2,1H3. The van der Waals surface area contributed by atoms with Gasteiger partial charge in [-0.3, -0.25) is 4.79 Å². The molecule has 6 nitrogen and oxygen atoms in total. The van der Waals surface area contributed by atoms with Crippen LogP contribution in [0.4, 0.5) is 5.69 Å². The maximum absolute atomic E-state index is 12.0. The quantitative estimate of drug-likeness (QED) is 0.600. The molecule has 0 bridgehead atoms. The van der Waals surface area contributed by atoms with Crippen molar-refractivity contribution in [2.45, 2.75) is 13.3 Å². The number of halogens is 1. The van der Waals surface area contributed by atoms with Gasteiger partial charge in [-0.2, -0.15) is 0 Å². The number of hydrogen-bond donors (Lipinski definition) is 0. The first kappa shape index (κ1) is 16.8. The molecule has 22 heavy (non-hydrogen) atoms. The summed E-state index contributed by atoms with van der Waals surface area (Å²) in [7, 11) is 1.60. The number of carbonyl (C=O) groups excluding carboxylic acids is 2. The zero-order valence-electron chi connectivity index (χ0n) is 12.0. The number of rotatable bonds is 5. The fraction of sp³-hybridized carbons (Fsp3) is 0.429. The first-order chi connectivity index (χ1) is 10.3. The van der Waals surface area contributed by atoms with E-state index >= 15 is 0 Å². The fourth-order valence-electron chi connectivity index (χ4n) is 2.42. The summed E-state index contributed by atoms with van der Waals surface area (Å²) in [5, 5.41) is 0. The fourth-order valence-corrected chi connectivity index (χ4v) is 3.74. The van der Waals surface area contributed by atoms with Gasteiger partial charge in [-0.05, 0) is 31.2 Å². The van der Waals surface area contributed by atoms with Crippen molar-refractivity contribution in [3.05, 3.63) is 29.8 Å². The highest BCUT2D eigenvalue weighted by Gasteiger charge is 2.33. The Bertz CT molecular complexity index is 671. The molecule has 1 amide bonds. The van der Waals surface area contributed by atoms with Crippen molar-refractivity contribution in [1.29, 1.82) is 0 Å². The molecule has 1 heterocycles. The second kappa shape index (κ2) is 6.66. The van der Waals surface area contributed by atoms with Gasteiger partial charge in [0, 0.05) is 35.3 Å². The highest BCUT2D eigenvalue weighted by atomic mass is 35.7. The average Bonchev–Trinajstić information content (AvgIpc) is 2.77. The molecule has 0 aromatic heterocycles. The number of amides is 1. The van der Waals surface area contributed by atoms with E-state index in [4.69, 9.17) is 15.4 Å². The summed E-state index contributed by atoms with van der Waals surface area (Å²) in [5.74, 6) is -1.13. The van der Waals surface area contributed by atoms with Gasteiger partial charge in [0.05, 0.1) is 17.9 Å². The highest BCUT2D eigenvalue weighted by molar-refractivity contribution is 8.13. The number of benzene rings is 1. The number of anilines is 1. The second-order valence-electron chi connectivity index (χ2n) is 5.05. The smallest absolute Gasteiger partial charge is 0.338 e. The summed E-state index contributed by atoms with van der Waals surface area (Å²) < 4.78 is 27.1. The molecule has 1 aliphatic rings. The third kappa shape index (κ3) is 4.20. The minimum atomic E-state index is -3.63. The van der Waals surface area contributed by atoms with Gasteiger partial charge in [-0.15, -0.1) is 0 Å². The molecule has 0 aliphatic carbocycles. The van der Waals surface area contributed by atoms with E-state index < -0.39 is 15.0 Å². The molecule has 0 spiro atoms. The van der Waals surface area contributed by atoms with Gasteiger partial charge in [-0.25, -0.2) is 13.2 Å². The number of nitrogens with zero attached hydrogens (tertiary/aromatic N) is 1. The number of esters is 1. The molecule has 1 fully saturated rings. The summed E-state index contributed by atoms with van der Waals surface area (Å²) in [4.78, 5) is 25.1. The Morgan fingerprint density at radius 2 is 2.00 bits per heavy atom. The Morgan fingerprint density at radius 3 is 2.55 bits per heavy atom. The van der Waals surface area contributed by atoms with Gasteiger partial charge >= 0.3 is 5.97 Å². The van der Waals surface area contributed by atoms with Crippen LogP contribution in [0.2, 0.25) is 0 Å². The molecule has 1 atom stereocenters. The van der Waals surface area contributed by atoms with Crippen LogP contribution in [0.15, 0.2) is 24.3 Å². The van der Waals surface area contributed by atoms with Crippen LogP contribution in [0.3, 0.4) is 0 Å². The number of hydrogen-bond acceptors (Lipinski definition) is 5. The van der Waals surface area contributed by atoms with Crippen molar-refractivity contribution in [3.8, 4) is 0 Å². The molecular weight excluding hydrogens is 330 g/mol. The van der Waals surface area contributed by atoms with Gasteiger partial charge in [0.1, 0.15) is 0 Å². The number of ether oxygens (including phenoxy) is 1. The van der Waals surface area contributed by atoms with E-state index in [1.807, 2.05) is 0 Å². The molecule has 0 N–H and O–H groups in total. The lowest BCUT2D eigenvalue weighted by Gasteiger charge is -2.16. The molecule has 0 radical (unpaired) electrons. The lowest BCUT2D eigenvalue weighted by molar-refractivity contribution is -0.117. The molecule has 1 aromatic carbocycles. The second-order valence-corrected chi connectivity index (χ2v) is 7.87. The van der Waals surface area contributed by atoms with Crippen molar-refractivity contribution < 1.29 is 22.7 Å². The van der Waals surface area contributed by atoms with Crippen LogP contribution < -0.4 is 4.90 Å². The molecule has 0 saturated carbocycles. The zero-order chi connectivity index (χ0) is 16.3. The van der Waals surface area contributed by atoms with Gasteiger partial charge < -0.3 is 9.64 Å². The summed E-state index contributed by atoms with van der Waals surface area (Å²) in [6.07, 6.45) is 0.144. The monoisotopic (exact) mass is 345 g/mol. The minimum absolute atomic E-state index is 0.144. The largest absolute Gasteiger partial charge is 0.462 e. The maximum Gasteiger partial charge on any atom is 0.338 e. The first-order valence-electron chi connectivity index (χ1n) is 6.80. The third-order valence-electron chi connectivity index (χ3n) is 3.33. The summed E-state index contributed by atoms with van der Waals surface area (Å²) in [6.45, 7) is 2.31. The third-order valence-corrected chi connectivity index (χ3v) is 4.58. The van der Waals surface area contributed by atoms with Crippen molar-refractivity contribution in [3.63, 3.8) is 0 Å². The van der Waals surface area contributed by atoms with E-state index in [1.165, 1.54) is 4.90 Å². The predicted molar refractivity (Wildman–Crippen MR) is 82.5 cm³/mol. The van der Waals surface area contributed by atoms with E-state index in [1.54, 1.807) is 31.2 Å². The van der Waals surface area contributed by atoms with Gasteiger partial charge in [0.2, 0.25) is 15.0 Å². The topological polar surface area (TPSA) is 80.8 Å². The van der Waals surface area contributed by atoms with Gasteiger partial charge in [-0.1, -0.05) is 0 Å². The normalized spacial score (nSPS) is 18.5. The van der Waals surface area contributed by atoms with Crippen molar-refractivity contribution in [1.82, 2.24) is 0 Å². The predicted octanol–water partition coefficient (Wildman–Crippen LogP) is 1.78. The van der Waals surface area contributed by atoms with Crippen molar-refractivity contribution in [2.24, 2.45) is 5.92 Å². The molecule has 2 rings (SSSR count). The Labute approximate surface area is 133 Å². The Balaban J connectivity index is 2.09. The maximum atomic E-state index is 12.0. The first-order valence-corrected chi connectivity index (χ1v) is 9.28. The van der Waals surface area contributed by atoms with Gasteiger partial charge in [0.25, 0.3) is 0 Å². The van der Waals surface area contributed by atoms with Crippen LogP contribution in [-0.2, 0) is 18.6 Å². The molecule has 1 unspecified atom stereocenters. The average molecular weight is 346 g/mol. The lowest BCUT2D eigenvalue weighted by atomic mass is 10.1. The molecule has 8 heteroatoms. The van der Waals surface area contributed by atoms with E-state index in [-0.39, 0.29) is 24.0 Å². The molecule has 120 valence electrons. The van der Waals surface area contributed by atoms with E-state index in [0.29, 0.717) is 24.4 Å². The van der Waals surface area contributed by atoms with E-state index in [9.17, 15) is 18.0 Å². The molecule has 1 aliphatic heterocycles. The Hall–Kier alpha value is -1.60. The van der Waals surface area contributed by atoms with Crippen LogP contribution in [0, 0.1) is 5.92 Å².